The summed E-state index contributed by atoms with van der Waals surface area (Å²) in [6.07, 6.45) is 3.06. The third-order valence-corrected chi connectivity index (χ3v) is 7.58. The van der Waals surface area contributed by atoms with E-state index < -0.39 is 5.41 Å². The Bertz CT molecular complexity index is 1400. The highest BCUT2D eigenvalue weighted by Gasteiger charge is 2.58. The predicted octanol–water partition coefficient (Wildman–Crippen LogP) is 5.00. The molecule has 3 aromatic carbocycles. The minimum atomic E-state index is -0.980. The first kappa shape index (κ1) is 23.4. The lowest BCUT2D eigenvalue weighted by molar-refractivity contribution is -0.122. The van der Waals surface area contributed by atoms with E-state index in [2.05, 4.69) is 13.0 Å². The van der Waals surface area contributed by atoms with E-state index in [1.54, 1.807) is 19.0 Å². The smallest absolute Gasteiger partial charge is 0.253 e. The van der Waals surface area contributed by atoms with Crippen molar-refractivity contribution in [2.45, 2.75) is 31.6 Å². The SMILES string of the molecule is CCCCCN1C(=O)C2(COc3cc4c(cc32)OCO4)c2c(-c3ccc(C(=O)N(C)C)cc3)cccc21. The van der Waals surface area contributed by atoms with Gasteiger partial charge in [-0.25, -0.2) is 0 Å². The molecular formula is C30H30N2O5. The Labute approximate surface area is 216 Å². The summed E-state index contributed by atoms with van der Waals surface area (Å²) in [5.74, 6) is 1.90. The van der Waals surface area contributed by atoms with E-state index in [1.807, 2.05) is 53.4 Å². The fraction of sp³-hybridized carbons (Fsp3) is 0.333. The molecule has 7 heteroatoms. The number of hydrogen-bond donors (Lipinski definition) is 0. The second-order valence-corrected chi connectivity index (χ2v) is 10.0. The highest BCUT2D eigenvalue weighted by Crippen LogP contribution is 2.57. The van der Waals surface area contributed by atoms with Crippen molar-refractivity contribution < 1.29 is 23.8 Å². The summed E-state index contributed by atoms with van der Waals surface area (Å²) < 4.78 is 17.5. The summed E-state index contributed by atoms with van der Waals surface area (Å²) >= 11 is 0. The molecule has 3 aliphatic rings. The number of carbonyl (C=O) groups is 2. The summed E-state index contributed by atoms with van der Waals surface area (Å²) in [5.41, 5.74) is 4.23. The zero-order valence-electron chi connectivity index (χ0n) is 21.4. The van der Waals surface area contributed by atoms with Gasteiger partial charge in [0.2, 0.25) is 12.7 Å². The summed E-state index contributed by atoms with van der Waals surface area (Å²) in [5, 5.41) is 0. The van der Waals surface area contributed by atoms with Crippen molar-refractivity contribution in [2.75, 3.05) is 38.9 Å². The number of benzene rings is 3. The number of rotatable bonds is 6. The molecule has 1 atom stereocenters. The molecule has 6 rings (SSSR count). The molecule has 190 valence electrons. The van der Waals surface area contributed by atoms with Crippen LogP contribution in [0.3, 0.4) is 0 Å². The molecule has 0 saturated carbocycles. The van der Waals surface area contributed by atoms with Crippen molar-refractivity contribution in [1.82, 2.24) is 4.90 Å². The van der Waals surface area contributed by atoms with Crippen LogP contribution in [0.5, 0.6) is 17.2 Å². The van der Waals surface area contributed by atoms with Crippen LogP contribution in [0, 0.1) is 0 Å². The largest absolute Gasteiger partial charge is 0.491 e. The molecule has 7 nitrogen and oxygen atoms in total. The normalized spacial score (nSPS) is 18.7. The van der Waals surface area contributed by atoms with Crippen LogP contribution in [-0.2, 0) is 10.2 Å². The molecule has 0 radical (unpaired) electrons. The molecule has 0 saturated heterocycles. The summed E-state index contributed by atoms with van der Waals surface area (Å²) in [6.45, 7) is 3.19. The lowest BCUT2D eigenvalue weighted by Crippen LogP contribution is -2.43. The molecule has 3 aromatic rings. The molecule has 0 aromatic heterocycles. The second kappa shape index (κ2) is 8.83. The van der Waals surface area contributed by atoms with Crippen molar-refractivity contribution in [3.8, 4) is 28.4 Å². The maximum absolute atomic E-state index is 14.4. The van der Waals surface area contributed by atoms with Crippen LogP contribution in [0.15, 0.2) is 54.6 Å². The molecule has 0 fully saturated rings. The average molecular weight is 499 g/mol. The second-order valence-electron chi connectivity index (χ2n) is 10.0. The highest BCUT2D eigenvalue weighted by atomic mass is 16.7. The van der Waals surface area contributed by atoms with E-state index in [-0.39, 0.29) is 25.2 Å². The van der Waals surface area contributed by atoms with Crippen LogP contribution in [0.25, 0.3) is 11.1 Å². The standard InChI is InChI=1S/C30H30N2O5/c1-4-5-6-14-32-23-9-7-8-21(19-10-12-20(13-11-19)28(33)31(2)3)27(23)30(29(32)34)17-35-24-16-26-25(15-22(24)30)36-18-37-26/h7-13,15-16H,4-6,14,17-18H2,1-3H3. The molecule has 0 bridgehead atoms. The van der Waals surface area contributed by atoms with Crippen LogP contribution < -0.4 is 19.1 Å². The van der Waals surface area contributed by atoms with Gasteiger partial charge in [-0.1, -0.05) is 44.0 Å². The Morgan fingerprint density at radius 3 is 2.46 bits per heavy atom. The fourth-order valence-corrected chi connectivity index (χ4v) is 5.72. The predicted molar refractivity (Wildman–Crippen MR) is 141 cm³/mol. The number of unbranched alkanes of at least 4 members (excludes halogenated alkanes) is 2. The van der Waals surface area contributed by atoms with E-state index in [0.717, 1.165) is 47.2 Å². The van der Waals surface area contributed by atoms with E-state index in [0.29, 0.717) is 29.4 Å². The Morgan fingerprint density at radius 2 is 1.73 bits per heavy atom. The topological polar surface area (TPSA) is 68.3 Å². The van der Waals surface area contributed by atoms with Crippen LogP contribution in [-0.4, -0.2) is 50.8 Å². The van der Waals surface area contributed by atoms with E-state index in [4.69, 9.17) is 14.2 Å². The van der Waals surface area contributed by atoms with Gasteiger partial charge in [0.25, 0.3) is 5.91 Å². The molecule has 3 aliphatic heterocycles. The van der Waals surface area contributed by atoms with Gasteiger partial charge in [-0.2, -0.15) is 0 Å². The summed E-state index contributed by atoms with van der Waals surface area (Å²) in [6, 6.07) is 17.4. The quantitative estimate of drug-likeness (QED) is 0.448. The van der Waals surface area contributed by atoms with Crippen molar-refractivity contribution in [2.24, 2.45) is 0 Å². The number of amides is 2. The van der Waals surface area contributed by atoms with Crippen LogP contribution in [0.1, 0.15) is 47.7 Å². The van der Waals surface area contributed by atoms with Crippen LogP contribution in [0.2, 0.25) is 0 Å². The lowest BCUT2D eigenvalue weighted by Gasteiger charge is -2.24. The zero-order chi connectivity index (χ0) is 25.7. The van der Waals surface area contributed by atoms with Gasteiger partial charge >= 0.3 is 0 Å². The number of fused-ring (bicyclic) bond motifs is 5. The number of nitrogens with zero attached hydrogens (tertiary/aromatic N) is 2. The third kappa shape index (κ3) is 3.48. The molecule has 0 aliphatic carbocycles. The van der Waals surface area contributed by atoms with Crippen molar-refractivity contribution in [3.05, 3.63) is 71.3 Å². The zero-order valence-corrected chi connectivity index (χ0v) is 21.4. The number of carbonyl (C=O) groups excluding carboxylic acids is 2. The minimum absolute atomic E-state index is 0.0306. The molecular weight excluding hydrogens is 468 g/mol. The van der Waals surface area contributed by atoms with Gasteiger partial charge in [-0.3, -0.25) is 9.59 Å². The number of anilines is 1. The Kier molecular flexibility index (Phi) is 5.59. The molecule has 3 heterocycles. The number of ether oxygens (including phenoxy) is 3. The monoisotopic (exact) mass is 498 g/mol. The van der Waals surface area contributed by atoms with E-state index >= 15 is 0 Å². The lowest BCUT2D eigenvalue weighted by atomic mass is 9.74. The minimum Gasteiger partial charge on any atom is -0.491 e. The maximum atomic E-state index is 14.4. The first-order chi connectivity index (χ1) is 18.0. The molecule has 37 heavy (non-hydrogen) atoms. The van der Waals surface area contributed by atoms with Gasteiger partial charge in [-0.05, 0) is 41.8 Å². The van der Waals surface area contributed by atoms with Gasteiger partial charge in [-0.15, -0.1) is 0 Å². The van der Waals surface area contributed by atoms with Crippen molar-refractivity contribution in [1.29, 1.82) is 0 Å². The molecule has 1 unspecified atom stereocenters. The van der Waals surface area contributed by atoms with Crippen molar-refractivity contribution >= 4 is 17.5 Å². The third-order valence-electron chi connectivity index (χ3n) is 7.58. The van der Waals surface area contributed by atoms with E-state index in [9.17, 15) is 9.59 Å². The first-order valence-electron chi connectivity index (χ1n) is 12.8. The highest BCUT2D eigenvalue weighted by molar-refractivity contribution is 6.13. The Morgan fingerprint density at radius 1 is 0.973 bits per heavy atom. The summed E-state index contributed by atoms with van der Waals surface area (Å²) in [4.78, 5) is 30.3. The van der Waals surface area contributed by atoms with Crippen molar-refractivity contribution in [3.63, 3.8) is 0 Å². The maximum Gasteiger partial charge on any atom is 0.253 e. The van der Waals surface area contributed by atoms with Crippen LogP contribution in [0.4, 0.5) is 5.69 Å². The van der Waals surface area contributed by atoms with Gasteiger partial charge in [0.15, 0.2) is 11.5 Å². The molecule has 2 amide bonds. The Balaban J connectivity index is 1.52. The molecule has 1 spiro atoms. The van der Waals surface area contributed by atoms with Gasteiger partial charge in [0, 0.05) is 49.1 Å². The van der Waals surface area contributed by atoms with Gasteiger partial charge < -0.3 is 24.0 Å². The van der Waals surface area contributed by atoms with Gasteiger partial charge in [0.05, 0.1) is 0 Å². The summed E-state index contributed by atoms with van der Waals surface area (Å²) in [7, 11) is 3.48. The number of hydrogen-bond acceptors (Lipinski definition) is 5. The molecule has 0 N–H and O–H groups in total. The first-order valence-corrected chi connectivity index (χ1v) is 12.8. The Hall–Kier alpha value is -4.00. The average Bonchev–Trinajstić information content (AvgIpc) is 3.59. The van der Waals surface area contributed by atoms with E-state index in [1.165, 1.54) is 0 Å². The van der Waals surface area contributed by atoms with Crippen LogP contribution >= 0.6 is 0 Å². The van der Waals surface area contributed by atoms with Gasteiger partial charge in [0.1, 0.15) is 17.8 Å². The fourth-order valence-electron chi connectivity index (χ4n) is 5.72.